The first kappa shape index (κ1) is 25.5. The van der Waals surface area contributed by atoms with Crippen molar-refractivity contribution in [2.24, 2.45) is 5.92 Å². The normalized spacial score (nSPS) is 26.1. The average molecular weight is 623 g/mol. The molecule has 0 radical (unpaired) electrons. The van der Waals surface area contributed by atoms with Crippen molar-refractivity contribution in [1.82, 2.24) is 4.90 Å². The molecule has 38 heavy (non-hydrogen) atoms. The highest BCUT2D eigenvalue weighted by Gasteiger charge is 2.60. The van der Waals surface area contributed by atoms with E-state index in [0.717, 1.165) is 25.9 Å². The zero-order chi connectivity index (χ0) is 26.4. The molecule has 3 aromatic rings. The molecule has 1 N–H and O–H groups in total. The monoisotopic (exact) mass is 622 g/mol. The van der Waals surface area contributed by atoms with E-state index in [1.807, 2.05) is 65.6 Å². The Morgan fingerprint density at radius 3 is 2.63 bits per heavy atom. The van der Waals surface area contributed by atoms with Crippen molar-refractivity contribution in [2.75, 3.05) is 11.5 Å². The molecule has 0 aliphatic carbocycles. The Balaban J connectivity index is 1.24. The molecule has 1 saturated heterocycles. The standard InChI is InChI=1S/C31H31IN2O4/c1-20-13-26(16-29(36)33-18-23-9-3-2-8-22(23)15-25(33)19-35)38-31(20)27-11-4-5-12-28(27)34(30(31)37)17-21-7-6-10-24(32)14-21/h2-12,14,20,25-26,35H,13,15-19H2,1H3/t20-,25+,26-,31+/m1/s1. The van der Waals surface area contributed by atoms with Crippen molar-refractivity contribution in [2.45, 2.75) is 57.0 Å². The predicted octanol–water partition coefficient (Wildman–Crippen LogP) is 4.79. The molecule has 4 atom stereocenters. The zero-order valence-corrected chi connectivity index (χ0v) is 23.5. The van der Waals surface area contributed by atoms with Gasteiger partial charge in [-0.25, -0.2) is 0 Å². The second kappa shape index (κ2) is 10.1. The van der Waals surface area contributed by atoms with Crippen LogP contribution in [-0.2, 0) is 39.4 Å². The molecule has 6 rings (SSSR count). The third-order valence-corrected chi connectivity index (χ3v) is 9.01. The lowest BCUT2D eigenvalue weighted by Gasteiger charge is -2.36. The molecule has 6 nitrogen and oxygen atoms in total. The van der Waals surface area contributed by atoms with Crippen molar-refractivity contribution in [1.29, 1.82) is 0 Å². The number of nitrogens with zero attached hydrogens (tertiary/aromatic N) is 2. The van der Waals surface area contributed by atoms with E-state index in [1.54, 1.807) is 4.90 Å². The summed E-state index contributed by atoms with van der Waals surface area (Å²) in [5.74, 6) is -0.173. The summed E-state index contributed by atoms with van der Waals surface area (Å²) in [6.45, 7) is 2.94. The van der Waals surface area contributed by atoms with Gasteiger partial charge in [-0.15, -0.1) is 0 Å². The molecule has 2 amide bonds. The first-order chi connectivity index (χ1) is 18.4. The molecule has 3 aliphatic heterocycles. The van der Waals surface area contributed by atoms with E-state index < -0.39 is 5.60 Å². The first-order valence-corrected chi connectivity index (χ1v) is 14.3. The molecule has 0 unspecified atom stereocenters. The highest BCUT2D eigenvalue weighted by molar-refractivity contribution is 14.1. The summed E-state index contributed by atoms with van der Waals surface area (Å²) < 4.78 is 7.78. The molecular formula is C31H31IN2O4. The van der Waals surface area contributed by atoms with Gasteiger partial charge in [0.2, 0.25) is 5.91 Å². The number of fused-ring (bicyclic) bond motifs is 3. The third kappa shape index (κ3) is 4.25. The number of benzene rings is 3. The molecule has 0 aromatic heterocycles. The quantitative estimate of drug-likeness (QED) is 0.416. The first-order valence-electron chi connectivity index (χ1n) is 13.2. The highest BCUT2D eigenvalue weighted by atomic mass is 127. The van der Waals surface area contributed by atoms with Gasteiger partial charge in [0.05, 0.1) is 37.4 Å². The van der Waals surface area contributed by atoms with Gasteiger partial charge in [0.1, 0.15) is 0 Å². The van der Waals surface area contributed by atoms with Gasteiger partial charge < -0.3 is 19.6 Å². The van der Waals surface area contributed by atoms with Gasteiger partial charge in [-0.2, -0.15) is 0 Å². The van der Waals surface area contributed by atoms with E-state index in [9.17, 15) is 14.7 Å². The average Bonchev–Trinajstić information content (AvgIpc) is 3.37. The maximum Gasteiger partial charge on any atom is 0.264 e. The van der Waals surface area contributed by atoms with Gasteiger partial charge >= 0.3 is 0 Å². The number of anilines is 1. The number of halogens is 1. The summed E-state index contributed by atoms with van der Waals surface area (Å²) >= 11 is 2.29. The molecule has 1 spiro atoms. The Morgan fingerprint density at radius 1 is 1.08 bits per heavy atom. The Bertz CT molecular complexity index is 1390. The van der Waals surface area contributed by atoms with E-state index in [1.165, 1.54) is 5.56 Å². The number of hydrogen-bond donors (Lipinski definition) is 1. The second-order valence-corrected chi connectivity index (χ2v) is 11.9. The number of amides is 2. The van der Waals surface area contributed by atoms with Crippen molar-refractivity contribution < 1.29 is 19.4 Å². The van der Waals surface area contributed by atoms with E-state index in [2.05, 4.69) is 41.6 Å². The van der Waals surface area contributed by atoms with Crippen LogP contribution >= 0.6 is 22.6 Å². The molecule has 0 saturated carbocycles. The van der Waals surface area contributed by atoms with Crippen LogP contribution in [0.25, 0.3) is 0 Å². The van der Waals surface area contributed by atoms with E-state index >= 15 is 0 Å². The van der Waals surface area contributed by atoms with E-state index in [4.69, 9.17) is 4.74 Å². The third-order valence-electron chi connectivity index (χ3n) is 8.34. The van der Waals surface area contributed by atoms with Crippen LogP contribution in [0.15, 0.2) is 72.8 Å². The van der Waals surface area contributed by atoms with Crippen molar-refractivity contribution in [3.05, 3.63) is 98.6 Å². The molecule has 3 aromatic carbocycles. The summed E-state index contributed by atoms with van der Waals surface area (Å²) in [4.78, 5) is 31.3. The fourth-order valence-electron chi connectivity index (χ4n) is 6.48. The van der Waals surface area contributed by atoms with Crippen LogP contribution in [0.3, 0.4) is 0 Å². The number of carbonyl (C=O) groups is 2. The zero-order valence-electron chi connectivity index (χ0n) is 21.3. The Hall–Kier alpha value is -2.75. The van der Waals surface area contributed by atoms with Crippen molar-refractivity contribution >= 4 is 40.1 Å². The molecule has 7 heteroatoms. The van der Waals surface area contributed by atoms with Gasteiger partial charge in [0.25, 0.3) is 5.91 Å². The minimum absolute atomic E-state index is 0.0396. The predicted molar refractivity (Wildman–Crippen MR) is 153 cm³/mol. The topological polar surface area (TPSA) is 70.1 Å². The Labute approximate surface area is 236 Å². The van der Waals surface area contributed by atoms with Crippen LogP contribution in [0.4, 0.5) is 5.69 Å². The largest absolute Gasteiger partial charge is 0.394 e. The second-order valence-electron chi connectivity index (χ2n) is 10.7. The summed E-state index contributed by atoms with van der Waals surface area (Å²) in [5, 5.41) is 10.0. The maximum absolute atomic E-state index is 14.1. The minimum Gasteiger partial charge on any atom is -0.394 e. The Morgan fingerprint density at radius 2 is 1.84 bits per heavy atom. The number of rotatable bonds is 5. The molecule has 196 valence electrons. The number of aliphatic hydroxyl groups is 1. The van der Waals surface area contributed by atoms with Crippen LogP contribution in [0.5, 0.6) is 0 Å². The number of para-hydroxylation sites is 1. The van der Waals surface area contributed by atoms with Crippen LogP contribution in [-0.4, -0.2) is 40.6 Å². The summed E-state index contributed by atoms with van der Waals surface area (Å²) in [7, 11) is 0. The smallest absolute Gasteiger partial charge is 0.264 e. The molecule has 0 bridgehead atoms. The fraction of sp³-hybridized carbons (Fsp3) is 0.355. The van der Waals surface area contributed by atoms with Gasteiger partial charge in [-0.3, -0.25) is 9.59 Å². The minimum atomic E-state index is -1.09. The highest BCUT2D eigenvalue weighted by Crippen LogP contribution is 2.53. The Kier molecular flexibility index (Phi) is 6.78. The number of hydrogen-bond acceptors (Lipinski definition) is 4. The van der Waals surface area contributed by atoms with E-state index in [0.29, 0.717) is 25.9 Å². The number of aliphatic hydroxyl groups excluding tert-OH is 1. The fourth-order valence-corrected chi connectivity index (χ4v) is 7.09. The van der Waals surface area contributed by atoms with Crippen LogP contribution in [0.1, 0.15) is 42.0 Å². The van der Waals surface area contributed by atoms with Crippen molar-refractivity contribution in [3.8, 4) is 0 Å². The van der Waals surface area contributed by atoms with Crippen LogP contribution in [0.2, 0.25) is 0 Å². The van der Waals surface area contributed by atoms with Crippen LogP contribution < -0.4 is 4.90 Å². The lowest BCUT2D eigenvalue weighted by atomic mass is 9.83. The van der Waals surface area contributed by atoms with E-state index in [-0.39, 0.29) is 42.9 Å². The van der Waals surface area contributed by atoms with Gasteiger partial charge in [0.15, 0.2) is 5.60 Å². The van der Waals surface area contributed by atoms with Crippen molar-refractivity contribution in [3.63, 3.8) is 0 Å². The maximum atomic E-state index is 14.1. The lowest BCUT2D eigenvalue weighted by Crippen LogP contribution is -2.47. The van der Waals surface area contributed by atoms with Crippen LogP contribution in [0, 0.1) is 9.49 Å². The van der Waals surface area contributed by atoms with Gasteiger partial charge in [-0.05, 0) is 70.3 Å². The molecule has 3 aliphatic rings. The summed E-state index contributed by atoms with van der Waals surface area (Å²) in [6.07, 6.45) is 1.08. The molecule has 3 heterocycles. The number of carbonyl (C=O) groups excluding carboxylic acids is 2. The summed E-state index contributed by atoms with van der Waals surface area (Å²) in [6, 6.07) is 23.9. The molecular weight excluding hydrogens is 591 g/mol. The van der Waals surface area contributed by atoms with Gasteiger partial charge in [-0.1, -0.05) is 61.5 Å². The number of ether oxygens (including phenoxy) is 1. The van der Waals surface area contributed by atoms with Gasteiger partial charge in [0, 0.05) is 21.6 Å². The lowest BCUT2D eigenvalue weighted by molar-refractivity contribution is -0.151. The summed E-state index contributed by atoms with van der Waals surface area (Å²) in [5.41, 5.74) is 4.04. The molecule has 1 fully saturated rings. The SMILES string of the molecule is C[C@@H]1C[C@H](CC(=O)N2Cc3ccccc3C[C@H]2CO)O[C@@]12C(=O)N(Cc1cccc(I)c1)c1ccccc12.